The zero-order valence-electron chi connectivity index (χ0n) is 10.9. The molecular formula is C13H9Cl2N5O. The Labute approximate surface area is 130 Å². The van der Waals surface area contributed by atoms with E-state index in [1.54, 1.807) is 36.2 Å². The van der Waals surface area contributed by atoms with Crippen LogP contribution in [0.4, 0.5) is 0 Å². The Bertz CT molecular complexity index is 790. The van der Waals surface area contributed by atoms with Gasteiger partial charge in [0.05, 0.1) is 24.7 Å². The van der Waals surface area contributed by atoms with Gasteiger partial charge >= 0.3 is 0 Å². The van der Waals surface area contributed by atoms with Crippen LogP contribution in [0.15, 0.2) is 36.8 Å². The van der Waals surface area contributed by atoms with Gasteiger partial charge in [0.15, 0.2) is 5.15 Å². The van der Waals surface area contributed by atoms with E-state index in [2.05, 4.69) is 20.3 Å². The van der Waals surface area contributed by atoms with Crippen LogP contribution >= 0.6 is 23.2 Å². The average molecular weight is 322 g/mol. The molecule has 0 aliphatic heterocycles. The maximum atomic E-state index is 6.09. The van der Waals surface area contributed by atoms with Gasteiger partial charge in [-0.3, -0.25) is 0 Å². The van der Waals surface area contributed by atoms with Crippen LogP contribution in [-0.2, 0) is 0 Å². The van der Waals surface area contributed by atoms with Crippen molar-refractivity contribution in [2.75, 3.05) is 7.11 Å². The lowest BCUT2D eigenvalue weighted by molar-refractivity contribution is 0.397. The van der Waals surface area contributed by atoms with Gasteiger partial charge in [0.2, 0.25) is 5.88 Å². The van der Waals surface area contributed by atoms with E-state index >= 15 is 0 Å². The number of ether oxygens (including phenoxy) is 1. The molecule has 6 nitrogen and oxygen atoms in total. The first-order chi connectivity index (χ1) is 10.2. The summed E-state index contributed by atoms with van der Waals surface area (Å²) in [5.74, 6) is 0.461. The third-order valence-electron chi connectivity index (χ3n) is 2.80. The molecule has 3 rings (SSSR count). The minimum atomic E-state index is 0.302. The Morgan fingerprint density at radius 3 is 2.71 bits per heavy atom. The first-order valence-electron chi connectivity index (χ1n) is 5.91. The molecule has 2 aromatic heterocycles. The monoisotopic (exact) mass is 321 g/mol. The molecule has 21 heavy (non-hydrogen) atoms. The maximum Gasteiger partial charge on any atom is 0.216 e. The zero-order valence-corrected chi connectivity index (χ0v) is 12.4. The van der Waals surface area contributed by atoms with Gasteiger partial charge in [-0.1, -0.05) is 28.4 Å². The Balaban J connectivity index is 2.18. The quantitative estimate of drug-likeness (QED) is 0.741. The molecule has 0 bridgehead atoms. The molecule has 0 saturated heterocycles. The zero-order chi connectivity index (χ0) is 14.8. The average Bonchev–Trinajstić information content (AvgIpc) is 2.93. The second-order valence-electron chi connectivity index (χ2n) is 4.09. The number of methoxy groups -OCH3 is 1. The summed E-state index contributed by atoms with van der Waals surface area (Å²) in [5, 5.41) is 8.62. The van der Waals surface area contributed by atoms with Gasteiger partial charge < -0.3 is 4.74 Å². The van der Waals surface area contributed by atoms with Crippen molar-refractivity contribution in [3.8, 4) is 22.8 Å². The van der Waals surface area contributed by atoms with Crippen LogP contribution in [-0.4, -0.2) is 32.1 Å². The predicted molar refractivity (Wildman–Crippen MR) is 79.0 cm³/mol. The molecule has 0 saturated carbocycles. The predicted octanol–water partition coefficient (Wildman–Crippen LogP) is 3.04. The molecule has 0 unspecified atom stereocenters. The summed E-state index contributed by atoms with van der Waals surface area (Å²) in [5.41, 5.74) is 2.18. The first-order valence-corrected chi connectivity index (χ1v) is 6.67. The standard InChI is InChI=1S/C13H9Cl2N5O/c1-21-13-5-10(16-7-17-13)9-4-8(14)2-3-11(9)20-6-12(15)18-19-20/h2-7H,1H3. The molecule has 8 heteroatoms. The molecule has 0 spiro atoms. The van der Waals surface area contributed by atoms with Crippen LogP contribution < -0.4 is 4.74 Å². The van der Waals surface area contributed by atoms with E-state index in [1.807, 2.05) is 6.07 Å². The minimum Gasteiger partial charge on any atom is -0.481 e. The highest BCUT2D eigenvalue weighted by molar-refractivity contribution is 6.31. The number of rotatable bonds is 3. The summed E-state index contributed by atoms with van der Waals surface area (Å²) in [6.07, 6.45) is 3.03. The van der Waals surface area contributed by atoms with Crippen LogP contribution in [0.1, 0.15) is 0 Å². The lowest BCUT2D eigenvalue weighted by Crippen LogP contribution is -2.00. The van der Waals surface area contributed by atoms with Crippen molar-refractivity contribution < 1.29 is 4.74 Å². The van der Waals surface area contributed by atoms with Gasteiger partial charge in [0.1, 0.15) is 6.33 Å². The van der Waals surface area contributed by atoms with Crippen molar-refractivity contribution in [1.29, 1.82) is 0 Å². The van der Waals surface area contributed by atoms with E-state index in [-0.39, 0.29) is 0 Å². The topological polar surface area (TPSA) is 65.7 Å². The highest BCUT2D eigenvalue weighted by Crippen LogP contribution is 2.29. The first kappa shape index (κ1) is 13.8. The number of aromatic nitrogens is 5. The minimum absolute atomic E-state index is 0.302. The van der Waals surface area contributed by atoms with E-state index in [4.69, 9.17) is 27.9 Å². The fraction of sp³-hybridized carbons (Fsp3) is 0.0769. The number of nitrogens with zero attached hydrogens (tertiary/aromatic N) is 5. The highest BCUT2D eigenvalue weighted by Gasteiger charge is 2.12. The molecule has 3 aromatic rings. The van der Waals surface area contributed by atoms with E-state index in [0.717, 1.165) is 11.3 Å². The smallest absolute Gasteiger partial charge is 0.216 e. The number of hydrogen-bond donors (Lipinski definition) is 0. The molecule has 1 aromatic carbocycles. The third kappa shape index (κ3) is 2.81. The van der Waals surface area contributed by atoms with Crippen molar-refractivity contribution in [2.45, 2.75) is 0 Å². The fourth-order valence-electron chi connectivity index (χ4n) is 1.87. The molecule has 2 heterocycles. The Hall–Kier alpha value is -2.18. The molecule has 0 radical (unpaired) electrons. The fourth-order valence-corrected chi connectivity index (χ4v) is 2.17. The summed E-state index contributed by atoms with van der Waals surface area (Å²) in [6, 6.07) is 7.08. The Kier molecular flexibility index (Phi) is 3.72. The van der Waals surface area contributed by atoms with E-state index < -0.39 is 0 Å². The number of benzene rings is 1. The SMILES string of the molecule is COc1cc(-c2cc(Cl)ccc2-n2cc(Cl)nn2)ncn1. The van der Waals surface area contributed by atoms with Crippen molar-refractivity contribution >= 4 is 23.2 Å². The molecular weight excluding hydrogens is 313 g/mol. The lowest BCUT2D eigenvalue weighted by atomic mass is 10.1. The van der Waals surface area contributed by atoms with Crippen molar-refractivity contribution in [1.82, 2.24) is 25.0 Å². The van der Waals surface area contributed by atoms with Crippen LogP contribution in [0.2, 0.25) is 10.2 Å². The van der Waals surface area contributed by atoms with Crippen molar-refractivity contribution in [2.24, 2.45) is 0 Å². The molecule has 0 amide bonds. The van der Waals surface area contributed by atoms with Gasteiger partial charge in [-0.15, -0.1) is 5.10 Å². The molecule has 0 N–H and O–H groups in total. The van der Waals surface area contributed by atoms with Gasteiger partial charge in [-0.05, 0) is 18.2 Å². The molecule has 0 aliphatic carbocycles. The van der Waals surface area contributed by atoms with E-state index in [9.17, 15) is 0 Å². The van der Waals surface area contributed by atoms with Crippen LogP contribution in [0.25, 0.3) is 16.9 Å². The highest BCUT2D eigenvalue weighted by atomic mass is 35.5. The summed E-state index contributed by atoms with van der Waals surface area (Å²) in [4.78, 5) is 8.24. The summed E-state index contributed by atoms with van der Waals surface area (Å²) in [6.45, 7) is 0. The second-order valence-corrected chi connectivity index (χ2v) is 4.92. The van der Waals surface area contributed by atoms with Gasteiger partial charge in [-0.25, -0.2) is 14.6 Å². The molecule has 0 atom stereocenters. The molecule has 106 valence electrons. The van der Waals surface area contributed by atoms with Gasteiger partial charge in [0, 0.05) is 16.7 Å². The van der Waals surface area contributed by atoms with Crippen molar-refractivity contribution in [3.63, 3.8) is 0 Å². The Morgan fingerprint density at radius 2 is 2.00 bits per heavy atom. The molecule has 0 aliphatic rings. The summed E-state index contributed by atoms with van der Waals surface area (Å²) >= 11 is 11.9. The van der Waals surface area contributed by atoms with Gasteiger partial charge in [-0.2, -0.15) is 0 Å². The third-order valence-corrected chi connectivity index (χ3v) is 3.21. The Morgan fingerprint density at radius 1 is 1.14 bits per heavy atom. The van der Waals surface area contributed by atoms with Crippen LogP contribution in [0, 0.1) is 0 Å². The van der Waals surface area contributed by atoms with Crippen LogP contribution in [0.3, 0.4) is 0 Å². The summed E-state index contributed by atoms with van der Waals surface area (Å²) in [7, 11) is 1.54. The van der Waals surface area contributed by atoms with E-state index in [1.165, 1.54) is 6.33 Å². The largest absolute Gasteiger partial charge is 0.481 e. The van der Waals surface area contributed by atoms with Crippen molar-refractivity contribution in [3.05, 3.63) is 47.0 Å². The van der Waals surface area contributed by atoms with Gasteiger partial charge in [0.25, 0.3) is 0 Å². The van der Waals surface area contributed by atoms with E-state index in [0.29, 0.717) is 21.7 Å². The number of hydrogen-bond acceptors (Lipinski definition) is 5. The van der Waals surface area contributed by atoms with Crippen LogP contribution in [0.5, 0.6) is 5.88 Å². The molecule has 0 fully saturated rings. The normalized spacial score (nSPS) is 10.6. The lowest BCUT2D eigenvalue weighted by Gasteiger charge is -2.09. The number of halogens is 2. The summed E-state index contributed by atoms with van der Waals surface area (Å²) < 4.78 is 6.67. The second kappa shape index (κ2) is 5.67. The maximum absolute atomic E-state index is 6.09.